The van der Waals surface area contributed by atoms with Gasteiger partial charge in [-0.1, -0.05) is 0 Å². The normalized spacial score (nSPS) is 18.0. The smallest absolute Gasteiger partial charge is 0.416 e. The van der Waals surface area contributed by atoms with E-state index in [0.717, 1.165) is 43.6 Å². The van der Waals surface area contributed by atoms with E-state index in [2.05, 4.69) is 20.8 Å². The van der Waals surface area contributed by atoms with Gasteiger partial charge in [0.05, 0.1) is 11.3 Å². The highest BCUT2D eigenvalue weighted by molar-refractivity contribution is 5.72. The number of alkyl halides is 3. The van der Waals surface area contributed by atoms with Crippen molar-refractivity contribution in [1.82, 2.24) is 15.5 Å². The summed E-state index contributed by atoms with van der Waals surface area (Å²) in [6.07, 6.45) is -2.39. The Hall–Kier alpha value is -2.35. The van der Waals surface area contributed by atoms with Gasteiger partial charge in [0.2, 0.25) is 0 Å². The summed E-state index contributed by atoms with van der Waals surface area (Å²) >= 11 is 0. The van der Waals surface area contributed by atoms with E-state index in [4.69, 9.17) is 0 Å². The maximum atomic E-state index is 12.9. The lowest BCUT2D eigenvalue weighted by molar-refractivity contribution is -0.137. The van der Waals surface area contributed by atoms with E-state index in [9.17, 15) is 18.3 Å². The SMILES string of the molecule is Cc1cc(-c2c(C)cc(C(F)(F)F)cc2O)nnc1NC1CCCNC1. The van der Waals surface area contributed by atoms with E-state index in [1.807, 2.05) is 6.92 Å². The molecule has 1 aliphatic heterocycles. The first-order chi connectivity index (χ1) is 12.3. The quantitative estimate of drug-likeness (QED) is 0.774. The van der Waals surface area contributed by atoms with E-state index in [1.54, 1.807) is 6.07 Å². The van der Waals surface area contributed by atoms with Gasteiger partial charge in [-0.15, -0.1) is 10.2 Å². The van der Waals surface area contributed by atoms with E-state index in [0.29, 0.717) is 17.1 Å². The Labute approximate surface area is 149 Å². The van der Waals surface area contributed by atoms with Crippen LogP contribution in [-0.2, 0) is 6.18 Å². The first-order valence-corrected chi connectivity index (χ1v) is 8.48. The highest BCUT2D eigenvalue weighted by Crippen LogP contribution is 2.38. The molecule has 1 aromatic heterocycles. The summed E-state index contributed by atoms with van der Waals surface area (Å²) in [7, 11) is 0. The lowest BCUT2D eigenvalue weighted by atomic mass is 10.00. The zero-order chi connectivity index (χ0) is 18.9. The molecular formula is C18H21F3N4O. The van der Waals surface area contributed by atoms with Crippen LogP contribution in [0.1, 0.15) is 29.5 Å². The molecule has 2 aromatic rings. The standard InChI is InChI=1S/C18H21F3N4O/c1-10-6-12(18(19,20)21)8-15(26)16(10)14-7-11(2)17(25-24-14)23-13-4-3-5-22-9-13/h6-8,13,22,26H,3-5,9H2,1-2H3,(H,23,25). The predicted octanol–water partition coefficient (Wildman–Crippen LogP) is 3.65. The van der Waals surface area contributed by atoms with Gasteiger partial charge in [0.15, 0.2) is 5.82 Å². The minimum Gasteiger partial charge on any atom is -0.507 e. The largest absolute Gasteiger partial charge is 0.507 e. The first kappa shape index (κ1) is 18.4. The Bertz CT molecular complexity index is 779. The Morgan fingerprint density at radius 1 is 1.15 bits per heavy atom. The summed E-state index contributed by atoms with van der Waals surface area (Å²) < 4.78 is 38.6. The third-order valence-electron chi connectivity index (χ3n) is 4.52. The van der Waals surface area contributed by atoms with E-state index in [-0.39, 0.29) is 11.6 Å². The highest BCUT2D eigenvalue weighted by Gasteiger charge is 2.32. The lowest BCUT2D eigenvalue weighted by Gasteiger charge is -2.24. The van der Waals surface area contributed by atoms with Crippen molar-refractivity contribution in [1.29, 1.82) is 0 Å². The number of halogens is 3. The maximum absolute atomic E-state index is 12.9. The van der Waals surface area contributed by atoms with Crippen LogP contribution >= 0.6 is 0 Å². The predicted molar refractivity (Wildman–Crippen MR) is 93.1 cm³/mol. The molecule has 1 saturated heterocycles. The summed E-state index contributed by atoms with van der Waals surface area (Å²) in [5, 5.41) is 25.1. The van der Waals surface area contributed by atoms with Crippen LogP contribution in [0.3, 0.4) is 0 Å². The van der Waals surface area contributed by atoms with Crippen LogP contribution in [0, 0.1) is 13.8 Å². The Kier molecular flexibility index (Phi) is 5.04. The molecule has 3 N–H and O–H groups in total. The number of benzene rings is 1. The van der Waals surface area contributed by atoms with Crippen molar-refractivity contribution in [3.8, 4) is 17.0 Å². The van der Waals surface area contributed by atoms with Crippen molar-refractivity contribution in [2.75, 3.05) is 18.4 Å². The molecule has 0 bridgehead atoms. The fourth-order valence-corrected chi connectivity index (χ4v) is 3.18. The van der Waals surface area contributed by atoms with Crippen LogP contribution in [0.2, 0.25) is 0 Å². The van der Waals surface area contributed by atoms with Crippen molar-refractivity contribution in [2.24, 2.45) is 0 Å². The molecule has 26 heavy (non-hydrogen) atoms. The fraction of sp³-hybridized carbons (Fsp3) is 0.444. The monoisotopic (exact) mass is 366 g/mol. The second-order valence-electron chi connectivity index (χ2n) is 6.63. The average molecular weight is 366 g/mol. The summed E-state index contributed by atoms with van der Waals surface area (Å²) in [5.74, 6) is 0.190. The number of nitrogens with one attached hydrogen (secondary N) is 2. The third-order valence-corrected chi connectivity index (χ3v) is 4.52. The molecule has 8 heteroatoms. The van der Waals surface area contributed by atoms with Crippen LogP contribution in [0.4, 0.5) is 19.0 Å². The molecule has 3 rings (SSSR count). The van der Waals surface area contributed by atoms with Crippen LogP contribution in [-0.4, -0.2) is 34.4 Å². The van der Waals surface area contributed by atoms with Gasteiger partial charge in [-0.3, -0.25) is 0 Å². The number of rotatable bonds is 3. The molecule has 2 heterocycles. The van der Waals surface area contributed by atoms with Gasteiger partial charge < -0.3 is 15.7 Å². The molecule has 140 valence electrons. The summed E-state index contributed by atoms with van der Waals surface area (Å²) in [4.78, 5) is 0. The molecule has 1 aliphatic rings. The molecule has 1 aromatic carbocycles. The van der Waals surface area contributed by atoms with E-state index in [1.165, 1.54) is 6.92 Å². The number of aromatic nitrogens is 2. The van der Waals surface area contributed by atoms with Gasteiger partial charge in [0.25, 0.3) is 0 Å². The minimum absolute atomic E-state index is 0.263. The molecule has 0 radical (unpaired) electrons. The number of piperidine rings is 1. The molecule has 0 aliphatic carbocycles. The number of aromatic hydroxyl groups is 1. The number of phenolic OH excluding ortho intramolecular Hbond substituents is 1. The minimum atomic E-state index is -4.51. The van der Waals surface area contributed by atoms with Gasteiger partial charge in [0.1, 0.15) is 5.75 Å². The topological polar surface area (TPSA) is 70.1 Å². The van der Waals surface area contributed by atoms with E-state index < -0.39 is 17.5 Å². The van der Waals surface area contributed by atoms with Crippen molar-refractivity contribution < 1.29 is 18.3 Å². The summed E-state index contributed by atoms with van der Waals surface area (Å²) in [6, 6.07) is 3.72. The number of hydrogen-bond acceptors (Lipinski definition) is 5. The third kappa shape index (κ3) is 3.90. The van der Waals surface area contributed by atoms with Gasteiger partial charge in [-0.05, 0) is 62.6 Å². The molecule has 5 nitrogen and oxygen atoms in total. The molecule has 0 amide bonds. The zero-order valence-electron chi connectivity index (χ0n) is 14.6. The van der Waals surface area contributed by atoms with E-state index >= 15 is 0 Å². The molecule has 0 saturated carbocycles. The summed E-state index contributed by atoms with van der Waals surface area (Å²) in [5.41, 5.74) is 0.838. The fourth-order valence-electron chi connectivity index (χ4n) is 3.18. The number of anilines is 1. The Balaban J connectivity index is 1.89. The molecule has 0 spiro atoms. The van der Waals surface area contributed by atoms with Crippen molar-refractivity contribution in [3.63, 3.8) is 0 Å². The Morgan fingerprint density at radius 2 is 1.92 bits per heavy atom. The van der Waals surface area contributed by atoms with Crippen molar-refractivity contribution in [3.05, 3.63) is 34.9 Å². The second kappa shape index (κ2) is 7.11. The van der Waals surface area contributed by atoms with Crippen LogP contribution < -0.4 is 10.6 Å². The number of hydrogen-bond donors (Lipinski definition) is 3. The van der Waals surface area contributed by atoms with Crippen LogP contribution in [0.25, 0.3) is 11.3 Å². The van der Waals surface area contributed by atoms with Crippen LogP contribution in [0.15, 0.2) is 18.2 Å². The van der Waals surface area contributed by atoms with Gasteiger partial charge in [-0.25, -0.2) is 0 Å². The summed E-state index contributed by atoms with van der Waals surface area (Å²) in [6.45, 7) is 5.23. The van der Waals surface area contributed by atoms with Gasteiger partial charge in [0, 0.05) is 18.2 Å². The average Bonchev–Trinajstić information content (AvgIpc) is 2.57. The number of phenols is 1. The molecule has 1 fully saturated rings. The maximum Gasteiger partial charge on any atom is 0.416 e. The van der Waals surface area contributed by atoms with Gasteiger partial charge >= 0.3 is 6.18 Å². The Morgan fingerprint density at radius 3 is 2.50 bits per heavy atom. The molecule has 1 atom stereocenters. The van der Waals surface area contributed by atoms with Gasteiger partial charge in [-0.2, -0.15) is 13.2 Å². The highest BCUT2D eigenvalue weighted by atomic mass is 19.4. The van der Waals surface area contributed by atoms with Crippen molar-refractivity contribution >= 4 is 5.82 Å². The zero-order valence-corrected chi connectivity index (χ0v) is 14.6. The van der Waals surface area contributed by atoms with Crippen LogP contribution in [0.5, 0.6) is 5.75 Å². The lowest BCUT2D eigenvalue weighted by Crippen LogP contribution is -2.38. The molecule has 1 unspecified atom stereocenters. The first-order valence-electron chi connectivity index (χ1n) is 8.48. The second-order valence-corrected chi connectivity index (χ2v) is 6.63. The van der Waals surface area contributed by atoms with Crippen molar-refractivity contribution in [2.45, 2.75) is 38.9 Å². The number of nitrogens with zero attached hydrogens (tertiary/aromatic N) is 2. The molecular weight excluding hydrogens is 345 g/mol. The number of aryl methyl sites for hydroxylation is 2.